The van der Waals surface area contributed by atoms with Crippen LogP contribution in [0.4, 0.5) is 13.2 Å². The summed E-state index contributed by atoms with van der Waals surface area (Å²) in [5.41, 5.74) is 0.693. The lowest BCUT2D eigenvalue weighted by atomic mass is 10.1. The maximum absolute atomic E-state index is 12.5. The summed E-state index contributed by atoms with van der Waals surface area (Å²) < 4.78 is 46.9. The standard InChI is InChI=1S/C15H15F3N4O3/c16-15(17,18)14-21-12(22-25-14)9-1-3-10(4-2-9)13(23)20-7-11-8-24-6-5-19-11/h1-4,11,19H,5-8H2,(H,20,23). The molecule has 134 valence electrons. The highest BCUT2D eigenvalue weighted by Gasteiger charge is 2.38. The Kier molecular flexibility index (Phi) is 5.00. The minimum atomic E-state index is -4.69. The number of nitrogens with one attached hydrogen (secondary N) is 2. The van der Waals surface area contributed by atoms with Gasteiger partial charge in [0.05, 0.1) is 13.2 Å². The molecule has 2 aromatic rings. The van der Waals surface area contributed by atoms with Crippen molar-refractivity contribution in [1.29, 1.82) is 0 Å². The first kappa shape index (κ1) is 17.4. The van der Waals surface area contributed by atoms with Crippen LogP contribution in [-0.4, -0.2) is 48.4 Å². The highest BCUT2D eigenvalue weighted by Crippen LogP contribution is 2.29. The Morgan fingerprint density at radius 2 is 2.08 bits per heavy atom. The van der Waals surface area contributed by atoms with Gasteiger partial charge in [-0.15, -0.1) is 0 Å². The third-order valence-corrected chi connectivity index (χ3v) is 3.58. The second kappa shape index (κ2) is 7.19. The van der Waals surface area contributed by atoms with Gasteiger partial charge in [0, 0.05) is 30.3 Å². The van der Waals surface area contributed by atoms with Crippen molar-refractivity contribution >= 4 is 5.91 Å². The zero-order chi connectivity index (χ0) is 17.9. The number of morpholine rings is 1. The maximum Gasteiger partial charge on any atom is 0.471 e. The van der Waals surface area contributed by atoms with Gasteiger partial charge in [-0.05, 0) is 12.1 Å². The Labute approximate surface area is 140 Å². The summed E-state index contributed by atoms with van der Waals surface area (Å²) in [4.78, 5) is 15.4. The highest BCUT2D eigenvalue weighted by molar-refractivity contribution is 5.94. The van der Waals surface area contributed by atoms with Gasteiger partial charge in [-0.1, -0.05) is 17.3 Å². The molecule has 1 aliphatic heterocycles. The zero-order valence-electron chi connectivity index (χ0n) is 13.0. The first-order chi connectivity index (χ1) is 11.9. The number of ether oxygens (including phenoxy) is 1. The Hall–Kier alpha value is -2.46. The van der Waals surface area contributed by atoms with Crippen LogP contribution in [0.25, 0.3) is 11.4 Å². The molecule has 2 N–H and O–H groups in total. The van der Waals surface area contributed by atoms with Crippen LogP contribution < -0.4 is 10.6 Å². The van der Waals surface area contributed by atoms with E-state index in [0.29, 0.717) is 30.9 Å². The van der Waals surface area contributed by atoms with Crippen LogP contribution in [0.3, 0.4) is 0 Å². The van der Waals surface area contributed by atoms with E-state index in [1.807, 2.05) is 0 Å². The lowest BCUT2D eigenvalue weighted by Gasteiger charge is -2.23. The fourth-order valence-electron chi connectivity index (χ4n) is 2.30. The molecule has 0 saturated carbocycles. The molecule has 0 spiro atoms. The SMILES string of the molecule is O=C(NCC1COCCN1)c1ccc(-c2noc(C(F)(F)F)n2)cc1. The monoisotopic (exact) mass is 356 g/mol. The molecule has 7 nitrogen and oxygen atoms in total. The van der Waals surface area contributed by atoms with Crippen molar-refractivity contribution in [1.82, 2.24) is 20.8 Å². The van der Waals surface area contributed by atoms with E-state index in [-0.39, 0.29) is 17.8 Å². The van der Waals surface area contributed by atoms with Crippen molar-refractivity contribution in [2.45, 2.75) is 12.2 Å². The molecular formula is C15H15F3N4O3. The molecule has 0 bridgehead atoms. The van der Waals surface area contributed by atoms with Crippen LogP contribution in [-0.2, 0) is 10.9 Å². The Balaban J connectivity index is 1.61. The third kappa shape index (κ3) is 4.34. The van der Waals surface area contributed by atoms with Gasteiger partial charge in [0.2, 0.25) is 5.82 Å². The molecular weight excluding hydrogens is 341 g/mol. The second-order valence-corrected chi connectivity index (χ2v) is 5.43. The van der Waals surface area contributed by atoms with Gasteiger partial charge in [-0.3, -0.25) is 4.79 Å². The summed E-state index contributed by atoms with van der Waals surface area (Å²) in [6.07, 6.45) is -4.69. The van der Waals surface area contributed by atoms with E-state index in [1.165, 1.54) is 24.3 Å². The molecule has 1 atom stereocenters. The molecule has 2 heterocycles. The molecule has 0 aliphatic carbocycles. The van der Waals surface area contributed by atoms with E-state index in [1.54, 1.807) is 0 Å². The van der Waals surface area contributed by atoms with Gasteiger partial charge in [-0.25, -0.2) is 0 Å². The summed E-state index contributed by atoms with van der Waals surface area (Å²) in [5, 5.41) is 9.28. The Morgan fingerprint density at radius 3 is 2.68 bits per heavy atom. The number of alkyl halides is 3. The van der Waals surface area contributed by atoms with Crippen LogP contribution in [0.2, 0.25) is 0 Å². The van der Waals surface area contributed by atoms with E-state index in [0.717, 1.165) is 6.54 Å². The molecule has 1 aromatic heterocycles. The van der Waals surface area contributed by atoms with Crippen LogP contribution in [0.1, 0.15) is 16.2 Å². The highest BCUT2D eigenvalue weighted by atomic mass is 19.4. The third-order valence-electron chi connectivity index (χ3n) is 3.58. The van der Waals surface area contributed by atoms with E-state index in [2.05, 4.69) is 25.3 Å². The smallest absolute Gasteiger partial charge is 0.378 e. The number of rotatable bonds is 4. The van der Waals surface area contributed by atoms with Crippen molar-refractivity contribution in [2.24, 2.45) is 0 Å². The van der Waals surface area contributed by atoms with Gasteiger partial charge in [0.1, 0.15) is 0 Å². The number of benzene rings is 1. The maximum atomic E-state index is 12.5. The molecule has 1 aromatic carbocycles. The van der Waals surface area contributed by atoms with Crippen LogP contribution in [0.15, 0.2) is 28.8 Å². The summed E-state index contributed by atoms with van der Waals surface area (Å²) in [5.74, 6) is -1.89. The van der Waals surface area contributed by atoms with Crippen molar-refractivity contribution in [3.63, 3.8) is 0 Å². The van der Waals surface area contributed by atoms with Crippen LogP contribution in [0.5, 0.6) is 0 Å². The fraction of sp³-hybridized carbons (Fsp3) is 0.400. The number of aromatic nitrogens is 2. The van der Waals surface area contributed by atoms with Crippen LogP contribution >= 0.6 is 0 Å². The second-order valence-electron chi connectivity index (χ2n) is 5.43. The average Bonchev–Trinajstić information content (AvgIpc) is 3.11. The molecule has 0 radical (unpaired) electrons. The lowest BCUT2D eigenvalue weighted by molar-refractivity contribution is -0.159. The first-order valence-electron chi connectivity index (χ1n) is 7.54. The number of nitrogens with zero attached hydrogens (tertiary/aromatic N) is 2. The molecule has 3 rings (SSSR count). The Morgan fingerprint density at radius 1 is 1.32 bits per heavy atom. The van der Waals surface area contributed by atoms with E-state index < -0.39 is 12.1 Å². The van der Waals surface area contributed by atoms with Crippen LogP contribution in [0, 0.1) is 0 Å². The van der Waals surface area contributed by atoms with Crippen molar-refractivity contribution in [2.75, 3.05) is 26.3 Å². The molecule has 1 saturated heterocycles. The minimum Gasteiger partial charge on any atom is -0.378 e. The average molecular weight is 356 g/mol. The Bertz CT molecular complexity index is 724. The number of hydrogen-bond donors (Lipinski definition) is 2. The summed E-state index contributed by atoms with van der Waals surface area (Å²) in [6.45, 7) is 2.33. The first-order valence-corrected chi connectivity index (χ1v) is 7.54. The fourth-order valence-corrected chi connectivity index (χ4v) is 2.30. The van der Waals surface area contributed by atoms with Gasteiger partial charge in [0.25, 0.3) is 5.91 Å². The molecule has 25 heavy (non-hydrogen) atoms. The summed E-state index contributed by atoms with van der Waals surface area (Å²) in [6, 6.07) is 5.94. The largest absolute Gasteiger partial charge is 0.471 e. The predicted octanol–water partition coefficient (Wildman–Crippen LogP) is 1.47. The molecule has 1 amide bonds. The topological polar surface area (TPSA) is 89.3 Å². The van der Waals surface area contributed by atoms with E-state index in [9.17, 15) is 18.0 Å². The molecule has 1 aliphatic rings. The zero-order valence-corrected chi connectivity index (χ0v) is 13.0. The minimum absolute atomic E-state index is 0.0529. The summed E-state index contributed by atoms with van der Waals surface area (Å²) >= 11 is 0. The predicted molar refractivity (Wildman–Crippen MR) is 79.7 cm³/mol. The van der Waals surface area contributed by atoms with Crippen molar-refractivity contribution < 1.29 is 27.2 Å². The molecule has 1 fully saturated rings. The van der Waals surface area contributed by atoms with E-state index >= 15 is 0 Å². The number of carbonyl (C=O) groups is 1. The lowest BCUT2D eigenvalue weighted by Crippen LogP contribution is -2.48. The van der Waals surface area contributed by atoms with Crippen molar-refractivity contribution in [3.8, 4) is 11.4 Å². The number of halogens is 3. The molecule has 1 unspecified atom stereocenters. The van der Waals surface area contributed by atoms with Gasteiger partial charge >= 0.3 is 12.1 Å². The van der Waals surface area contributed by atoms with Crippen molar-refractivity contribution in [3.05, 3.63) is 35.7 Å². The molecule has 10 heteroatoms. The number of hydrogen-bond acceptors (Lipinski definition) is 6. The van der Waals surface area contributed by atoms with Gasteiger partial charge in [-0.2, -0.15) is 18.2 Å². The van der Waals surface area contributed by atoms with E-state index in [4.69, 9.17) is 4.74 Å². The van der Waals surface area contributed by atoms with Gasteiger partial charge in [0.15, 0.2) is 0 Å². The normalized spacial score (nSPS) is 18.1. The van der Waals surface area contributed by atoms with Gasteiger partial charge < -0.3 is 19.9 Å². The summed E-state index contributed by atoms with van der Waals surface area (Å²) in [7, 11) is 0. The quantitative estimate of drug-likeness (QED) is 0.863. The number of amides is 1. The number of carbonyl (C=O) groups excluding carboxylic acids is 1.